The maximum atomic E-state index is 5.81. The first kappa shape index (κ1) is 20.8. The number of hydrogen-bond donors (Lipinski definition) is 1. The van der Waals surface area contributed by atoms with E-state index < -0.39 is 0 Å². The average Bonchev–Trinajstić information content (AvgIpc) is 2.46. The average molecular weight is 333 g/mol. The van der Waals surface area contributed by atoms with Crippen LogP contribution in [0, 0.1) is 5.41 Å². The molecule has 22 heavy (non-hydrogen) atoms. The highest BCUT2D eigenvalue weighted by molar-refractivity contribution is 5.85. The Hall–Kier alpha value is -1.17. The predicted octanol–water partition coefficient (Wildman–Crippen LogP) is 2.55. The van der Waals surface area contributed by atoms with Gasteiger partial charge in [0.1, 0.15) is 17.2 Å². The van der Waals surface area contributed by atoms with Crippen molar-refractivity contribution < 1.29 is 14.2 Å². The summed E-state index contributed by atoms with van der Waals surface area (Å²) in [6.45, 7) is 6.58. The van der Waals surface area contributed by atoms with E-state index in [0.29, 0.717) is 6.54 Å². The summed E-state index contributed by atoms with van der Waals surface area (Å²) in [5, 5.41) is 0. The molecule has 0 heterocycles. The molecule has 0 aliphatic heterocycles. The minimum absolute atomic E-state index is 0. The molecule has 0 atom stereocenters. The van der Waals surface area contributed by atoms with Gasteiger partial charge in [-0.25, -0.2) is 0 Å². The lowest BCUT2D eigenvalue weighted by molar-refractivity contribution is 0.205. The molecule has 0 aliphatic carbocycles. The lowest BCUT2D eigenvalue weighted by atomic mass is 9.93. The fourth-order valence-electron chi connectivity index (χ4n) is 2.35. The van der Waals surface area contributed by atoms with Gasteiger partial charge in [0.05, 0.1) is 26.9 Å². The highest BCUT2D eigenvalue weighted by Gasteiger charge is 2.21. The van der Waals surface area contributed by atoms with Crippen LogP contribution in [0.15, 0.2) is 12.1 Å². The summed E-state index contributed by atoms with van der Waals surface area (Å²) in [7, 11) is 7.01. The van der Waals surface area contributed by atoms with Crippen molar-refractivity contribution in [2.24, 2.45) is 11.1 Å². The number of benzene rings is 1. The summed E-state index contributed by atoms with van der Waals surface area (Å²) in [5.41, 5.74) is 6.89. The van der Waals surface area contributed by atoms with Gasteiger partial charge in [-0.1, -0.05) is 13.8 Å². The lowest BCUT2D eigenvalue weighted by Gasteiger charge is -2.29. The fraction of sp³-hybridized carbons (Fsp3) is 0.625. The Morgan fingerprint density at radius 3 is 1.91 bits per heavy atom. The standard InChI is InChI=1S/C16H28N2O3.ClH/c1-16(2,10-17)11-18(3)9-13-14(20-5)7-12(19-4)8-15(13)21-6;/h7-8H,9-11,17H2,1-6H3;1H. The zero-order valence-electron chi connectivity index (χ0n) is 14.4. The Bertz CT molecular complexity index is 442. The molecule has 128 valence electrons. The summed E-state index contributed by atoms with van der Waals surface area (Å²) in [6.07, 6.45) is 0. The van der Waals surface area contributed by atoms with Gasteiger partial charge in [-0.05, 0) is 19.0 Å². The van der Waals surface area contributed by atoms with Crippen molar-refractivity contribution in [2.75, 3.05) is 41.5 Å². The molecule has 1 aromatic rings. The van der Waals surface area contributed by atoms with E-state index >= 15 is 0 Å². The molecule has 0 radical (unpaired) electrons. The quantitative estimate of drug-likeness (QED) is 0.793. The van der Waals surface area contributed by atoms with Crippen LogP contribution in [0.1, 0.15) is 19.4 Å². The molecule has 0 spiro atoms. The molecule has 0 unspecified atom stereocenters. The van der Waals surface area contributed by atoms with Gasteiger partial charge in [-0.3, -0.25) is 0 Å². The molecule has 1 aromatic carbocycles. The van der Waals surface area contributed by atoms with Crippen molar-refractivity contribution >= 4 is 12.4 Å². The van der Waals surface area contributed by atoms with E-state index in [1.807, 2.05) is 12.1 Å². The van der Waals surface area contributed by atoms with Gasteiger partial charge in [0.2, 0.25) is 0 Å². The minimum Gasteiger partial charge on any atom is -0.496 e. The first-order chi connectivity index (χ1) is 9.86. The third-order valence-corrected chi connectivity index (χ3v) is 3.50. The molecule has 0 fully saturated rings. The van der Waals surface area contributed by atoms with Crippen LogP contribution in [-0.2, 0) is 6.54 Å². The summed E-state index contributed by atoms with van der Waals surface area (Å²) >= 11 is 0. The van der Waals surface area contributed by atoms with E-state index in [9.17, 15) is 0 Å². The summed E-state index contributed by atoms with van der Waals surface area (Å²) in [4.78, 5) is 2.22. The van der Waals surface area contributed by atoms with Crippen molar-refractivity contribution in [1.29, 1.82) is 0 Å². The highest BCUT2D eigenvalue weighted by atomic mass is 35.5. The van der Waals surface area contributed by atoms with Gasteiger partial charge < -0.3 is 24.8 Å². The maximum Gasteiger partial charge on any atom is 0.130 e. The second-order valence-electron chi connectivity index (χ2n) is 6.05. The Labute approximate surface area is 140 Å². The SMILES string of the molecule is COc1cc(OC)c(CN(C)CC(C)(C)CN)c(OC)c1.Cl. The van der Waals surface area contributed by atoms with Gasteiger partial charge >= 0.3 is 0 Å². The molecule has 1 rings (SSSR count). The van der Waals surface area contributed by atoms with Crippen LogP contribution in [0.25, 0.3) is 0 Å². The zero-order valence-corrected chi connectivity index (χ0v) is 15.3. The molecule has 0 aromatic heterocycles. The number of rotatable bonds is 8. The molecule has 5 nitrogen and oxygen atoms in total. The molecule has 2 N–H and O–H groups in total. The van der Waals surface area contributed by atoms with E-state index in [4.69, 9.17) is 19.9 Å². The smallest absolute Gasteiger partial charge is 0.130 e. The predicted molar refractivity (Wildman–Crippen MR) is 92.5 cm³/mol. The molecule has 0 saturated heterocycles. The van der Waals surface area contributed by atoms with Gasteiger partial charge in [0.25, 0.3) is 0 Å². The highest BCUT2D eigenvalue weighted by Crippen LogP contribution is 2.35. The minimum atomic E-state index is 0. The molecule has 0 saturated carbocycles. The number of hydrogen-bond acceptors (Lipinski definition) is 5. The van der Waals surface area contributed by atoms with Crippen LogP contribution in [0.4, 0.5) is 0 Å². The third kappa shape index (κ3) is 5.55. The maximum absolute atomic E-state index is 5.81. The van der Waals surface area contributed by atoms with E-state index in [1.165, 1.54) is 0 Å². The molecule has 0 amide bonds. The van der Waals surface area contributed by atoms with Crippen LogP contribution in [0.2, 0.25) is 0 Å². The summed E-state index contributed by atoms with van der Waals surface area (Å²) < 4.78 is 16.2. The Morgan fingerprint density at radius 2 is 1.55 bits per heavy atom. The molecule has 0 aliphatic rings. The second-order valence-corrected chi connectivity index (χ2v) is 6.05. The van der Waals surface area contributed by atoms with E-state index in [1.54, 1.807) is 21.3 Å². The van der Waals surface area contributed by atoms with Gasteiger partial charge in [0, 0.05) is 25.2 Å². The van der Waals surface area contributed by atoms with Crippen molar-refractivity contribution in [3.05, 3.63) is 17.7 Å². The first-order valence-corrected chi connectivity index (χ1v) is 7.04. The van der Waals surface area contributed by atoms with Gasteiger partial charge in [0.15, 0.2) is 0 Å². The monoisotopic (exact) mass is 332 g/mol. The van der Waals surface area contributed by atoms with Crippen LogP contribution < -0.4 is 19.9 Å². The van der Waals surface area contributed by atoms with E-state index in [-0.39, 0.29) is 17.8 Å². The largest absolute Gasteiger partial charge is 0.496 e. The van der Waals surface area contributed by atoms with E-state index in [2.05, 4.69) is 25.8 Å². The topological polar surface area (TPSA) is 57.0 Å². The number of nitrogens with two attached hydrogens (primary N) is 1. The number of ether oxygens (including phenoxy) is 3. The molecule has 0 bridgehead atoms. The van der Waals surface area contributed by atoms with Crippen molar-refractivity contribution in [3.63, 3.8) is 0 Å². The van der Waals surface area contributed by atoms with Crippen molar-refractivity contribution in [1.82, 2.24) is 4.90 Å². The first-order valence-electron chi connectivity index (χ1n) is 7.04. The number of methoxy groups -OCH3 is 3. The molecular formula is C16H29ClN2O3. The zero-order chi connectivity index (χ0) is 16.0. The van der Waals surface area contributed by atoms with Gasteiger partial charge in [-0.15, -0.1) is 12.4 Å². The lowest BCUT2D eigenvalue weighted by Crippen LogP contribution is -2.36. The second kappa shape index (κ2) is 9.08. The van der Waals surface area contributed by atoms with Crippen LogP contribution in [-0.4, -0.2) is 46.4 Å². The van der Waals surface area contributed by atoms with Crippen molar-refractivity contribution in [2.45, 2.75) is 20.4 Å². The molecular weight excluding hydrogens is 304 g/mol. The van der Waals surface area contributed by atoms with Crippen LogP contribution >= 0.6 is 12.4 Å². The van der Waals surface area contributed by atoms with E-state index in [0.717, 1.165) is 35.9 Å². The summed E-state index contributed by atoms with van der Waals surface area (Å²) in [5.74, 6) is 2.25. The van der Waals surface area contributed by atoms with Crippen LogP contribution in [0.5, 0.6) is 17.2 Å². The Balaban J connectivity index is 0.00000441. The summed E-state index contributed by atoms with van der Waals surface area (Å²) in [6, 6.07) is 3.75. The fourth-order valence-corrected chi connectivity index (χ4v) is 2.35. The normalized spacial score (nSPS) is 11.1. The number of nitrogens with zero attached hydrogens (tertiary/aromatic N) is 1. The van der Waals surface area contributed by atoms with Gasteiger partial charge in [-0.2, -0.15) is 0 Å². The Kier molecular flexibility index (Phi) is 8.60. The molecule has 6 heteroatoms. The third-order valence-electron chi connectivity index (χ3n) is 3.50. The number of halogens is 1. The van der Waals surface area contributed by atoms with Crippen LogP contribution in [0.3, 0.4) is 0 Å². The Morgan fingerprint density at radius 1 is 1.05 bits per heavy atom. The van der Waals surface area contributed by atoms with Crippen molar-refractivity contribution in [3.8, 4) is 17.2 Å².